The molecule has 0 aliphatic rings. The van der Waals surface area contributed by atoms with E-state index in [0.717, 1.165) is 19.4 Å². The number of hydrogen-bond donors (Lipinski definition) is 0. The van der Waals surface area contributed by atoms with Gasteiger partial charge in [-0.2, -0.15) is 4.99 Å². The summed E-state index contributed by atoms with van der Waals surface area (Å²) in [7, 11) is 0. The molecule has 0 amide bonds. The Bertz CT molecular complexity index is 201. The van der Waals surface area contributed by atoms with E-state index in [1.54, 1.807) is 6.08 Å². The third kappa shape index (κ3) is 9.28. The standard InChI is InChI=1S/C9H13NOS/c1-2-3-7-11-8-5-4-6-10-9-12/h5-6H,2-3,7-8H2,1H3. The second-order valence-corrected chi connectivity index (χ2v) is 2.33. The van der Waals surface area contributed by atoms with E-state index in [0.29, 0.717) is 6.61 Å². The number of aliphatic imine (C=N–C) groups is 1. The summed E-state index contributed by atoms with van der Waals surface area (Å²) < 4.78 is 5.23. The lowest BCUT2D eigenvalue weighted by molar-refractivity contribution is 0.159. The first-order valence-electron chi connectivity index (χ1n) is 3.96. The molecule has 2 nitrogen and oxygen atoms in total. The van der Waals surface area contributed by atoms with Gasteiger partial charge in [0.1, 0.15) is 0 Å². The smallest absolute Gasteiger partial charge is 0.0794 e. The minimum Gasteiger partial charge on any atom is -0.377 e. The van der Waals surface area contributed by atoms with Crippen LogP contribution in [0.3, 0.4) is 0 Å². The Balaban J connectivity index is 3.29. The largest absolute Gasteiger partial charge is 0.377 e. The van der Waals surface area contributed by atoms with Gasteiger partial charge in [0.15, 0.2) is 0 Å². The highest BCUT2D eigenvalue weighted by molar-refractivity contribution is 7.78. The lowest BCUT2D eigenvalue weighted by Gasteiger charge is -1.95. The molecule has 0 heterocycles. The van der Waals surface area contributed by atoms with E-state index in [-0.39, 0.29) is 0 Å². The minimum absolute atomic E-state index is 0.587. The molecule has 0 atom stereocenters. The number of rotatable bonds is 6. The molecule has 0 rings (SSSR count). The zero-order valence-electron chi connectivity index (χ0n) is 7.25. The number of ether oxygens (including phenoxy) is 1. The molecule has 12 heavy (non-hydrogen) atoms. The third-order valence-electron chi connectivity index (χ3n) is 1.15. The molecule has 0 aliphatic carbocycles. The molecule has 0 saturated heterocycles. The molecule has 3 heteroatoms. The molecule has 0 aromatic carbocycles. The molecule has 0 aromatic rings. The summed E-state index contributed by atoms with van der Waals surface area (Å²) in [6.07, 6.45) is 5.51. The number of hydrogen-bond acceptors (Lipinski definition) is 3. The Morgan fingerprint density at radius 3 is 3.08 bits per heavy atom. The van der Waals surface area contributed by atoms with Gasteiger partial charge in [0.05, 0.1) is 18.0 Å². The van der Waals surface area contributed by atoms with Crippen LogP contribution in [0.15, 0.2) is 23.0 Å². The molecule has 66 valence electrons. The van der Waals surface area contributed by atoms with Gasteiger partial charge in [0.2, 0.25) is 0 Å². The van der Waals surface area contributed by atoms with E-state index < -0.39 is 0 Å². The van der Waals surface area contributed by atoms with Crippen LogP contribution in [-0.2, 0) is 4.74 Å². The van der Waals surface area contributed by atoms with E-state index in [1.807, 2.05) is 0 Å². The zero-order valence-corrected chi connectivity index (χ0v) is 8.06. The average Bonchev–Trinajstić information content (AvgIpc) is 2.10. The highest BCUT2D eigenvalue weighted by Gasteiger charge is 1.80. The van der Waals surface area contributed by atoms with Crippen molar-refractivity contribution in [3.63, 3.8) is 0 Å². The number of nitrogens with zero attached hydrogens (tertiary/aromatic N) is 1. The maximum absolute atomic E-state index is 5.23. The Hall–Kier alpha value is -0.720. The highest BCUT2D eigenvalue weighted by atomic mass is 32.1. The summed E-state index contributed by atoms with van der Waals surface area (Å²) in [6, 6.07) is 0. The molecule has 0 aromatic heterocycles. The number of thiocarbonyl (C=S) groups is 1. The molecule has 0 N–H and O–H groups in total. The van der Waals surface area contributed by atoms with Crippen molar-refractivity contribution in [3.05, 3.63) is 18.0 Å². The van der Waals surface area contributed by atoms with Crippen LogP contribution in [0.5, 0.6) is 0 Å². The first-order chi connectivity index (χ1) is 5.91. The van der Waals surface area contributed by atoms with Crippen molar-refractivity contribution in [2.75, 3.05) is 13.2 Å². The van der Waals surface area contributed by atoms with E-state index in [9.17, 15) is 0 Å². The van der Waals surface area contributed by atoms with Crippen LogP contribution in [0.25, 0.3) is 0 Å². The summed E-state index contributed by atoms with van der Waals surface area (Å²) in [6.45, 7) is 3.53. The van der Waals surface area contributed by atoms with Gasteiger partial charge in [0.25, 0.3) is 0 Å². The van der Waals surface area contributed by atoms with Gasteiger partial charge in [-0.3, -0.25) is 0 Å². The maximum atomic E-state index is 5.23. The van der Waals surface area contributed by atoms with E-state index in [4.69, 9.17) is 4.74 Å². The second-order valence-electron chi connectivity index (χ2n) is 2.15. The molecule has 0 radical (unpaired) electrons. The van der Waals surface area contributed by atoms with Crippen LogP contribution in [0, 0.1) is 0 Å². The van der Waals surface area contributed by atoms with Crippen LogP contribution in [-0.4, -0.2) is 18.4 Å². The van der Waals surface area contributed by atoms with Gasteiger partial charge in [-0.1, -0.05) is 13.3 Å². The predicted molar refractivity (Wildman–Crippen MR) is 53.4 cm³/mol. The van der Waals surface area contributed by atoms with Crippen LogP contribution in [0.1, 0.15) is 19.8 Å². The Morgan fingerprint density at radius 1 is 1.58 bits per heavy atom. The van der Waals surface area contributed by atoms with Crippen molar-refractivity contribution in [2.45, 2.75) is 19.8 Å². The summed E-state index contributed by atoms with van der Waals surface area (Å²) in [4.78, 5) is 3.55. The summed E-state index contributed by atoms with van der Waals surface area (Å²) in [5.74, 6) is 0. The van der Waals surface area contributed by atoms with Gasteiger partial charge in [-0.15, -0.1) is 5.73 Å². The SMILES string of the molecule is CCCCOCC=C=CN=C=S. The average molecular weight is 183 g/mol. The van der Waals surface area contributed by atoms with Crippen molar-refractivity contribution in [1.29, 1.82) is 0 Å². The lowest BCUT2D eigenvalue weighted by atomic mass is 10.4. The monoisotopic (exact) mass is 183 g/mol. The molecule has 0 saturated carbocycles. The normalized spacial score (nSPS) is 8.08. The fourth-order valence-corrected chi connectivity index (χ4v) is 0.606. The maximum Gasteiger partial charge on any atom is 0.0794 e. The fourth-order valence-electron chi connectivity index (χ4n) is 0.553. The first-order valence-corrected chi connectivity index (χ1v) is 4.36. The van der Waals surface area contributed by atoms with E-state index >= 15 is 0 Å². The molecule has 0 fully saturated rings. The van der Waals surface area contributed by atoms with Crippen molar-refractivity contribution in [3.8, 4) is 0 Å². The fraction of sp³-hybridized carbons (Fsp3) is 0.556. The van der Waals surface area contributed by atoms with Gasteiger partial charge in [-0.05, 0) is 24.7 Å². The van der Waals surface area contributed by atoms with Crippen LogP contribution < -0.4 is 0 Å². The lowest BCUT2D eigenvalue weighted by Crippen LogP contribution is -1.92. The van der Waals surface area contributed by atoms with Gasteiger partial charge in [0, 0.05) is 6.61 Å². The second kappa shape index (κ2) is 10.3. The Labute approximate surface area is 78.6 Å². The van der Waals surface area contributed by atoms with Crippen molar-refractivity contribution >= 4 is 17.4 Å². The summed E-state index contributed by atoms with van der Waals surface area (Å²) in [5.41, 5.74) is 2.79. The zero-order chi connectivity index (χ0) is 9.07. The molecule has 0 bridgehead atoms. The molecule has 0 aliphatic heterocycles. The molecule has 0 unspecified atom stereocenters. The third-order valence-corrected chi connectivity index (χ3v) is 1.26. The molecular formula is C9H13NOS. The molecular weight excluding hydrogens is 170 g/mol. The summed E-state index contributed by atoms with van der Waals surface area (Å²) >= 11 is 4.35. The van der Waals surface area contributed by atoms with Gasteiger partial charge >= 0.3 is 0 Å². The number of isothiocyanates is 1. The van der Waals surface area contributed by atoms with Crippen molar-refractivity contribution in [1.82, 2.24) is 0 Å². The highest BCUT2D eigenvalue weighted by Crippen LogP contribution is 1.87. The predicted octanol–water partition coefficient (Wildman–Crippen LogP) is 2.57. The Kier molecular flexibility index (Phi) is 9.66. The summed E-state index contributed by atoms with van der Waals surface area (Å²) in [5, 5.41) is 2.21. The van der Waals surface area contributed by atoms with Crippen LogP contribution in [0.4, 0.5) is 0 Å². The van der Waals surface area contributed by atoms with E-state index in [2.05, 4.69) is 35.0 Å². The van der Waals surface area contributed by atoms with Crippen molar-refractivity contribution < 1.29 is 4.74 Å². The topological polar surface area (TPSA) is 21.6 Å². The molecule has 0 spiro atoms. The number of unbranched alkanes of at least 4 members (excludes halogenated alkanes) is 1. The van der Waals surface area contributed by atoms with Crippen LogP contribution in [0.2, 0.25) is 0 Å². The van der Waals surface area contributed by atoms with Gasteiger partial charge < -0.3 is 4.74 Å². The van der Waals surface area contributed by atoms with Crippen molar-refractivity contribution in [2.24, 2.45) is 4.99 Å². The van der Waals surface area contributed by atoms with E-state index in [1.165, 1.54) is 6.20 Å². The van der Waals surface area contributed by atoms with Crippen LogP contribution >= 0.6 is 12.2 Å². The van der Waals surface area contributed by atoms with Gasteiger partial charge in [-0.25, -0.2) is 0 Å². The minimum atomic E-state index is 0.587. The Morgan fingerprint density at radius 2 is 2.42 bits per heavy atom. The quantitative estimate of drug-likeness (QED) is 0.273. The first kappa shape index (κ1) is 11.3.